The number of rotatable bonds is 8. The lowest BCUT2D eigenvalue weighted by Crippen LogP contribution is -2.10. The van der Waals surface area contributed by atoms with Crippen molar-refractivity contribution in [3.8, 4) is 23.3 Å². The molecule has 2 aromatic carbocycles. The molecule has 0 aromatic heterocycles. The van der Waals surface area contributed by atoms with Crippen LogP contribution in [0.4, 0.5) is 0 Å². The summed E-state index contributed by atoms with van der Waals surface area (Å²) in [5, 5.41) is 9.20. The van der Waals surface area contributed by atoms with Crippen LogP contribution in [-0.4, -0.2) is 19.7 Å². The standard InChI is InChI=1S/C20H18ClNO4/c1-24-19-14-15(4-2-12-22)6-11-18(19)26-20(23)5-3-13-25-17-9-7-16(21)8-10-17/h2,4,6-11,14H,3,5,13H2,1H3/b4-2-. The van der Waals surface area contributed by atoms with E-state index in [1.54, 1.807) is 48.5 Å². The summed E-state index contributed by atoms with van der Waals surface area (Å²) in [6.45, 7) is 0.395. The van der Waals surface area contributed by atoms with Gasteiger partial charge in [-0.25, -0.2) is 0 Å². The number of carbonyl (C=O) groups excluding carboxylic acids is 1. The van der Waals surface area contributed by atoms with E-state index in [4.69, 9.17) is 31.1 Å². The number of halogens is 1. The number of hydrogen-bond donors (Lipinski definition) is 0. The Hall–Kier alpha value is -2.97. The number of methoxy groups -OCH3 is 1. The number of ether oxygens (including phenoxy) is 3. The Balaban J connectivity index is 1.82. The molecule has 0 N–H and O–H groups in total. The van der Waals surface area contributed by atoms with E-state index < -0.39 is 0 Å². The van der Waals surface area contributed by atoms with E-state index in [0.717, 1.165) is 5.56 Å². The Morgan fingerprint density at radius 2 is 1.96 bits per heavy atom. The normalized spacial score (nSPS) is 10.3. The Morgan fingerprint density at radius 1 is 1.19 bits per heavy atom. The minimum atomic E-state index is -0.372. The molecule has 0 saturated heterocycles. The van der Waals surface area contributed by atoms with Crippen molar-refractivity contribution in [1.82, 2.24) is 0 Å². The van der Waals surface area contributed by atoms with Crippen molar-refractivity contribution >= 4 is 23.6 Å². The Labute approximate surface area is 157 Å². The summed E-state index contributed by atoms with van der Waals surface area (Å²) in [7, 11) is 1.49. The summed E-state index contributed by atoms with van der Waals surface area (Å²) in [5.41, 5.74) is 0.777. The number of esters is 1. The minimum Gasteiger partial charge on any atom is -0.494 e. The fourth-order valence-corrected chi connectivity index (χ4v) is 2.24. The maximum Gasteiger partial charge on any atom is 0.311 e. The van der Waals surface area contributed by atoms with Gasteiger partial charge in [0.15, 0.2) is 11.5 Å². The van der Waals surface area contributed by atoms with E-state index >= 15 is 0 Å². The molecule has 0 aliphatic rings. The SMILES string of the molecule is COc1cc(/C=C\C#N)ccc1OC(=O)CCCOc1ccc(Cl)cc1. The maximum absolute atomic E-state index is 12.0. The molecule has 0 amide bonds. The Morgan fingerprint density at radius 3 is 2.65 bits per heavy atom. The van der Waals surface area contributed by atoms with E-state index in [1.165, 1.54) is 13.2 Å². The fourth-order valence-electron chi connectivity index (χ4n) is 2.12. The monoisotopic (exact) mass is 371 g/mol. The summed E-state index contributed by atoms with van der Waals surface area (Å²) in [4.78, 5) is 12.0. The van der Waals surface area contributed by atoms with Crippen molar-refractivity contribution in [1.29, 1.82) is 5.26 Å². The first-order valence-corrected chi connectivity index (χ1v) is 8.33. The quantitative estimate of drug-likeness (QED) is 0.292. The molecule has 0 radical (unpaired) electrons. The zero-order valence-corrected chi connectivity index (χ0v) is 15.0. The average molecular weight is 372 g/mol. The van der Waals surface area contributed by atoms with Crippen molar-refractivity contribution in [2.45, 2.75) is 12.8 Å². The zero-order chi connectivity index (χ0) is 18.8. The van der Waals surface area contributed by atoms with Gasteiger partial charge in [-0.15, -0.1) is 0 Å². The highest BCUT2D eigenvalue weighted by molar-refractivity contribution is 6.30. The van der Waals surface area contributed by atoms with Crippen LogP contribution in [0.3, 0.4) is 0 Å². The van der Waals surface area contributed by atoms with E-state index in [9.17, 15) is 4.79 Å². The van der Waals surface area contributed by atoms with Gasteiger partial charge in [0.25, 0.3) is 0 Å². The van der Waals surface area contributed by atoms with Crippen LogP contribution in [0, 0.1) is 11.3 Å². The van der Waals surface area contributed by atoms with Gasteiger partial charge < -0.3 is 14.2 Å². The molecule has 5 nitrogen and oxygen atoms in total. The third-order valence-corrected chi connectivity index (χ3v) is 3.62. The van der Waals surface area contributed by atoms with E-state index in [1.807, 2.05) is 6.07 Å². The molecule has 2 rings (SSSR count). The molecule has 0 bridgehead atoms. The van der Waals surface area contributed by atoms with Gasteiger partial charge in [-0.05, 0) is 54.5 Å². The van der Waals surface area contributed by atoms with Crippen LogP contribution < -0.4 is 14.2 Å². The average Bonchev–Trinajstić information content (AvgIpc) is 2.65. The Kier molecular flexibility index (Phi) is 7.53. The van der Waals surface area contributed by atoms with Crippen LogP contribution in [0.15, 0.2) is 48.5 Å². The molecule has 6 heteroatoms. The molecule has 0 spiro atoms. The van der Waals surface area contributed by atoms with Gasteiger partial charge in [-0.2, -0.15) is 5.26 Å². The third kappa shape index (κ3) is 6.15. The topological polar surface area (TPSA) is 68.5 Å². The van der Waals surface area contributed by atoms with Gasteiger partial charge in [0.05, 0.1) is 19.8 Å². The molecule has 0 atom stereocenters. The van der Waals surface area contributed by atoms with Crippen molar-refractivity contribution in [2.75, 3.05) is 13.7 Å². The number of hydrogen-bond acceptors (Lipinski definition) is 5. The second-order valence-corrected chi connectivity index (χ2v) is 5.69. The van der Waals surface area contributed by atoms with Gasteiger partial charge in [-0.3, -0.25) is 4.79 Å². The predicted octanol–water partition coefficient (Wildman–Crippen LogP) is 4.65. The van der Waals surface area contributed by atoms with E-state index in [2.05, 4.69) is 0 Å². The predicted molar refractivity (Wildman–Crippen MR) is 99.5 cm³/mol. The molecule has 0 heterocycles. The van der Waals surface area contributed by atoms with E-state index in [0.29, 0.717) is 35.3 Å². The lowest BCUT2D eigenvalue weighted by atomic mass is 10.2. The highest BCUT2D eigenvalue weighted by atomic mass is 35.5. The van der Waals surface area contributed by atoms with Crippen molar-refractivity contribution in [3.05, 3.63) is 59.1 Å². The maximum atomic E-state index is 12.0. The van der Waals surface area contributed by atoms with Crippen molar-refractivity contribution in [3.63, 3.8) is 0 Å². The first-order chi connectivity index (χ1) is 12.6. The zero-order valence-electron chi connectivity index (χ0n) is 14.3. The molecule has 2 aromatic rings. The molecule has 0 saturated carbocycles. The summed E-state index contributed by atoms with van der Waals surface area (Å²) in [6.07, 6.45) is 3.74. The second-order valence-electron chi connectivity index (χ2n) is 5.25. The number of benzene rings is 2. The lowest BCUT2D eigenvalue weighted by molar-refractivity contribution is -0.134. The van der Waals surface area contributed by atoms with Crippen molar-refractivity contribution < 1.29 is 19.0 Å². The molecular weight excluding hydrogens is 354 g/mol. The van der Waals surface area contributed by atoms with Gasteiger partial charge in [0.1, 0.15) is 5.75 Å². The summed E-state index contributed by atoms with van der Waals surface area (Å²) in [6, 6.07) is 14.0. The molecule has 0 fully saturated rings. The van der Waals surface area contributed by atoms with Crippen LogP contribution in [-0.2, 0) is 4.79 Å². The number of carbonyl (C=O) groups is 1. The summed E-state index contributed by atoms with van der Waals surface area (Å²) < 4.78 is 16.1. The van der Waals surface area contributed by atoms with Gasteiger partial charge in [0.2, 0.25) is 0 Å². The van der Waals surface area contributed by atoms with Crippen LogP contribution >= 0.6 is 11.6 Å². The van der Waals surface area contributed by atoms with Gasteiger partial charge >= 0.3 is 5.97 Å². The van der Waals surface area contributed by atoms with Crippen LogP contribution in [0.1, 0.15) is 18.4 Å². The third-order valence-electron chi connectivity index (χ3n) is 3.37. The summed E-state index contributed by atoms with van der Waals surface area (Å²) in [5.74, 6) is 1.09. The number of nitrogens with zero attached hydrogens (tertiary/aromatic N) is 1. The van der Waals surface area contributed by atoms with Gasteiger partial charge in [0, 0.05) is 17.5 Å². The van der Waals surface area contributed by atoms with Gasteiger partial charge in [-0.1, -0.05) is 17.7 Å². The summed E-state index contributed by atoms with van der Waals surface area (Å²) >= 11 is 5.81. The minimum absolute atomic E-state index is 0.215. The molecule has 134 valence electrons. The van der Waals surface area contributed by atoms with Crippen molar-refractivity contribution in [2.24, 2.45) is 0 Å². The molecular formula is C20H18ClNO4. The largest absolute Gasteiger partial charge is 0.494 e. The smallest absolute Gasteiger partial charge is 0.311 e. The highest BCUT2D eigenvalue weighted by Crippen LogP contribution is 2.29. The second kappa shape index (κ2) is 10.1. The van der Waals surface area contributed by atoms with Crippen LogP contribution in [0.25, 0.3) is 6.08 Å². The molecule has 26 heavy (non-hydrogen) atoms. The molecule has 0 aliphatic carbocycles. The molecule has 0 unspecified atom stereocenters. The number of allylic oxidation sites excluding steroid dienone is 1. The van der Waals surface area contributed by atoms with Crippen LogP contribution in [0.5, 0.6) is 17.2 Å². The molecule has 0 aliphatic heterocycles. The number of nitriles is 1. The van der Waals surface area contributed by atoms with Crippen LogP contribution in [0.2, 0.25) is 5.02 Å². The lowest BCUT2D eigenvalue weighted by Gasteiger charge is -2.10. The first kappa shape index (κ1) is 19.4. The Bertz CT molecular complexity index is 810. The highest BCUT2D eigenvalue weighted by Gasteiger charge is 2.10. The van der Waals surface area contributed by atoms with E-state index in [-0.39, 0.29) is 12.4 Å². The fraction of sp³-hybridized carbons (Fsp3) is 0.200. The first-order valence-electron chi connectivity index (χ1n) is 7.95.